The summed E-state index contributed by atoms with van der Waals surface area (Å²) in [6.45, 7) is 7.88. The van der Waals surface area contributed by atoms with Gasteiger partial charge in [0, 0.05) is 30.8 Å². The Morgan fingerprint density at radius 2 is 2.14 bits per heavy atom. The maximum atomic E-state index is 11.4. The number of hydrogen-bond acceptors (Lipinski definition) is 4. The molecule has 0 atom stereocenters. The van der Waals surface area contributed by atoms with Gasteiger partial charge in [-0.15, -0.1) is 0 Å². The summed E-state index contributed by atoms with van der Waals surface area (Å²) < 4.78 is 10.2. The topological polar surface area (TPSA) is 60.5 Å². The number of ether oxygens (including phenoxy) is 2. The first-order valence-electron chi connectivity index (χ1n) is 6.78. The molecule has 1 heterocycles. The smallest absolute Gasteiger partial charge is 0.407 e. The van der Waals surface area contributed by atoms with Gasteiger partial charge in [-0.1, -0.05) is 11.8 Å². The Morgan fingerprint density at radius 1 is 1.43 bits per heavy atom. The summed E-state index contributed by atoms with van der Waals surface area (Å²) in [6.07, 6.45) is 1.80. The highest BCUT2D eigenvalue weighted by molar-refractivity contribution is 5.67. The second kappa shape index (κ2) is 7.53. The molecule has 0 radical (unpaired) electrons. The average molecular weight is 290 g/mol. The summed E-state index contributed by atoms with van der Waals surface area (Å²) in [4.78, 5) is 15.5. The van der Waals surface area contributed by atoms with E-state index in [1.165, 1.54) is 0 Å². The maximum Gasteiger partial charge on any atom is 0.407 e. The second-order valence-corrected chi connectivity index (χ2v) is 5.52. The van der Waals surface area contributed by atoms with E-state index >= 15 is 0 Å². The van der Waals surface area contributed by atoms with Crippen LogP contribution in [-0.2, 0) is 4.74 Å². The van der Waals surface area contributed by atoms with Gasteiger partial charge in [0.1, 0.15) is 5.60 Å². The van der Waals surface area contributed by atoms with E-state index < -0.39 is 11.7 Å². The van der Waals surface area contributed by atoms with Crippen LogP contribution in [0.2, 0.25) is 0 Å². The Bertz CT molecular complexity index is 551. The summed E-state index contributed by atoms with van der Waals surface area (Å²) in [5.74, 6) is 6.60. The Balaban J connectivity index is 2.42. The van der Waals surface area contributed by atoms with Crippen molar-refractivity contribution in [1.82, 2.24) is 10.3 Å². The first-order valence-corrected chi connectivity index (χ1v) is 6.78. The van der Waals surface area contributed by atoms with Crippen molar-refractivity contribution in [2.75, 3.05) is 13.7 Å². The molecule has 5 heteroatoms. The molecule has 1 amide bonds. The maximum absolute atomic E-state index is 11.4. The Kier molecular flexibility index (Phi) is 6.04. The van der Waals surface area contributed by atoms with Gasteiger partial charge in [-0.05, 0) is 33.3 Å². The zero-order valence-electron chi connectivity index (χ0n) is 13.2. The van der Waals surface area contributed by atoms with Crippen LogP contribution in [0.5, 0.6) is 5.88 Å². The van der Waals surface area contributed by atoms with Crippen molar-refractivity contribution in [3.05, 3.63) is 23.4 Å². The van der Waals surface area contributed by atoms with Gasteiger partial charge in [0.25, 0.3) is 0 Å². The van der Waals surface area contributed by atoms with Crippen molar-refractivity contribution in [3.8, 4) is 17.7 Å². The lowest BCUT2D eigenvalue weighted by Crippen LogP contribution is -2.32. The zero-order valence-corrected chi connectivity index (χ0v) is 13.2. The normalized spacial score (nSPS) is 10.3. The molecule has 0 aliphatic carbocycles. The molecule has 1 rings (SSSR count). The van der Waals surface area contributed by atoms with E-state index in [1.807, 2.05) is 33.8 Å². The minimum absolute atomic E-state index is 0.424. The number of hydrogen-bond donors (Lipinski definition) is 1. The number of aromatic nitrogens is 1. The summed E-state index contributed by atoms with van der Waals surface area (Å²) in [6, 6.07) is 1.84. The largest absolute Gasteiger partial charge is 0.481 e. The zero-order chi connectivity index (χ0) is 15.9. The third-order valence-electron chi connectivity index (χ3n) is 2.44. The molecule has 0 aliphatic heterocycles. The highest BCUT2D eigenvalue weighted by Gasteiger charge is 2.15. The van der Waals surface area contributed by atoms with E-state index in [4.69, 9.17) is 9.47 Å². The monoisotopic (exact) mass is 290 g/mol. The molecule has 0 unspecified atom stereocenters. The Hall–Kier alpha value is -2.22. The number of alkyl carbamates (subject to hydrolysis) is 1. The molecule has 0 saturated heterocycles. The van der Waals surface area contributed by atoms with Gasteiger partial charge in [0.05, 0.1) is 7.11 Å². The van der Waals surface area contributed by atoms with Crippen molar-refractivity contribution in [3.63, 3.8) is 0 Å². The van der Waals surface area contributed by atoms with Gasteiger partial charge in [-0.2, -0.15) is 0 Å². The fourth-order valence-electron chi connectivity index (χ4n) is 1.47. The van der Waals surface area contributed by atoms with Crippen LogP contribution in [0.4, 0.5) is 4.79 Å². The predicted octanol–water partition coefficient (Wildman–Crippen LogP) is 2.66. The van der Waals surface area contributed by atoms with Gasteiger partial charge in [0.15, 0.2) is 0 Å². The molecule has 0 saturated carbocycles. The van der Waals surface area contributed by atoms with E-state index in [0.29, 0.717) is 18.8 Å². The van der Waals surface area contributed by atoms with Crippen LogP contribution >= 0.6 is 0 Å². The van der Waals surface area contributed by atoms with Crippen LogP contribution in [0.25, 0.3) is 0 Å². The molecule has 114 valence electrons. The second-order valence-electron chi connectivity index (χ2n) is 5.52. The van der Waals surface area contributed by atoms with Gasteiger partial charge in [0.2, 0.25) is 5.88 Å². The lowest BCUT2D eigenvalue weighted by Gasteiger charge is -2.19. The van der Waals surface area contributed by atoms with Gasteiger partial charge < -0.3 is 14.8 Å². The number of aryl methyl sites for hydroxylation is 1. The number of methoxy groups -OCH3 is 1. The average Bonchev–Trinajstić information content (AvgIpc) is 2.37. The molecule has 5 nitrogen and oxygen atoms in total. The first kappa shape index (κ1) is 16.8. The minimum Gasteiger partial charge on any atom is -0.481 e. The number of rotatable bonds is 3. The van der Waals surface area contributed by atoms with Crippen molar-refractivity contribution < 1.29 is 14.3 Å². The fraction of sp³-hybridized carbons (Fsp3) is 0.500. The number of carbonyl (C=O) groups excluding carboxylic acids is 1. The van der Waals surface area contributed by atoms with Gasteiger partial charge in [-0.3, -0.25) is 0 Å². The third kappa shape index (κ3) is 6.66. The number of carbonyl (C=O) groups is 1. The fourth-order valence-corrected chi connectivity index (χ4v) is 1.47. The number of nitrogens with one attached hydrogen (secondary N) is 1. The molecule has 1 aromatic rings. The van der Waals surface area contributed by atoms with Crippen LogP contribution in [0.15, 0.2) is 12.3 Å². The molecule has 0 bridgehead atoms. The number of nitrogens with zero attached hydrogens (tertiary/aromatic N) is 1. The van der Waals surface area contributed by atoms with E-state index in [1.54, 1.807) is 13.3 Å². The summed E-state index contributed by atoms with van der Waals surface area (Å²) >= 11 is 0. The SMILES string of the molecule is COc1cc(C)c(C#CCCNC(=O)OC(C)(C)C)cn1. The summed E-state index contributed by atoms with van der Waals surface area (Å²) in [5, 5.41) is 2.66. The molecule has 1 aromatic heterocycles. The van der Waals surface area contributed by atoms with Crippen molar-refractivity contribution in [2.45, 2.75) is 39.7 Å². The summed E-state index contributed by atoms with van der Waals surface area (Å²) in [5.41, 5.74) is 1.38. The molecular weight excluding hydrogens is 268 g/mol. The lowest BCUT2D eigenvalue weighted by molar-refractivity contribution is 0.0529. The number of amides is 1. The molecule has 0 fully saturated rings. The van der Waals surface area contributed by atoms with Crippen LogP contribution in [0, 0.1) is 18.8 Å². The van der Waals surface area contributed by atoms with Crippen molar-refractivity contribution >= 4 is 6.09 Å². The quantitative estimate of drug-likeness (QED) is 0.687. The molecular formula is C16H22N2O3. The van der Waals surface area contributed by atoms with Crippen molar-refractivity contribution in [1.29, 1.82) is 0 Å². The highest BCUT2D eigenvalue weighted by Crippen LogP contribution is 2.12. The van der Waals surface area contributed by atoms with Crippen molar-refractivity contribution in [2.24, 2.45) is 0 Å². The number of pyridine rings is 1. The van der Waals surface area contributed by atoms with Crippen LogP contribution in [-0.4, -0.2) is 30.3 Å². The molecule has 0 spiro atoms. The molecule has 0 aliphatic rings. The van der Waals surface area contributed by atoms with E-state index in [2.05, 4.69) is 22.1 Å². The van der Waals surface area contributed by atoms with E-state index in [-0.39, 0.29) is 0 Å². The lowest BCUT2D eigenvalue weighted by atomic mass is 10.1. The third-order valence-corrected chi connectivity index (χ3v) is 2.44. The van der Waals surface area contributed by atoms with E-state index in [0.717, 1.165) is 11.1 Å². The van der Waals surface area contributed by atoms with Crippen LogP contribution in [0.3, 0.4) is 0 Å². The van der Waals surface area contributed by atoms with E-state index in [9.17, 15) is 4.79 Å². The predicted molar refractivity (Wildman–Crippen MR) is 81.3 cm³/mol. The minimum atomic E-state index is -0.484. The molecule has 1 N–H and O–H groups in total. The first-order chi connectivity index (χ1) is 9.81. The van der Waals surface area contributed by atoms with Crippen LogP contribution < -0.4 is 10.1 Å². The highest BCUT2D eigenvalue weighted by atomic mass is 16.6. The molecule has 0 aromatic carbocycles. The molecule has 21 heavy (non-hydrogen) atoms. The van der Waals surface area contributed by atoms with Gasteiger partial charge in [-0.25, -0.2) is 9.78 Å². The summed E-state index contributed by atoms with van der Waals surface area (Å²) in [7, 11) is 1.58. The van der Waals surface area contributed by atoms with Crippen LogP contribution in [0.1, 0.15) is 38.3 Å². The van der Waals surface area contributed by atoms with Gasteiger partial charge >= 0.3 is 6.09 Å². The Morgan fingerprint density at radius 3 is 2.71 bits per heavy atom. The Labute approximate surface area is 126 Å². The standard InChI is InChI=1S/C16H22N2O3/c1-12-10-14(20-5)18-11-13(12)8-6-7-9-17-15(19)21-16(2,3)4/h10-11H,7,9H2,1-5H3,(H,17,19).